The molecule has 0 radical (unpaired) electrons. The lowest BCUT2D eigenvalue weighted by Crippen LogP contribution is -2.61. The van der Waals surface area contributed by atoms with E-state index in [1.165, 1.54) is 57.8 Å². The zero-order valence-corrected chi connectivity index (χ0v) is 39.9. The fourth-order valence-electron chi connectivity index (χ4n) is 7.31. The first kappa shape index (κ1) is 59.3. The fraction of sp³-hybridized carbons (Fsp3) is 0.765. The number of hydrogen-bond donors (Lipinski definition) is 7. The van der Waals surface area contributed by atoms with Crippen LogP contribution in [-0.2, 0) is 38.0 Å². The van der Waals surface area contributed by atoms with Crippen molar-refractivity contribution in [3.8, 4) is 0 Å². The highest BCUT2D eigenvalue weighted by Gasteiger charge is 2.47. The SMILES string of the molecule is CCCCC/C=C/C/C=C/C/C=C/CCCCC(=O)OC[C@H](CO[C@@H]1O[C@H](CO[C@@H]2O[C@H](CO)[C@H](O)C(O)C2O)[C@H](O)C(O)C1O)OC(=O)CCCC/C=C/C/C=C/CCCCCCCC. The van der Waals surface area contributed by atoms with Crippen molar-refractivity contribution in [1.82, 2.24) is 0 Å². The topological polar surface area (TPSA) is 231 Å². The summed E-state index contributed by atoms with van der Waals surface area (Å²) in [5.74, 6) is -1.01. The van der Waals surface area contributed by atoms with Crippen molar-refractivity contribution in [2.24, 2.45) is 0 Å². The average Bonchev–Trinajstić information content (AvgIpc) is 3.31. The third-order valence-corrected chi connectivity index (χ3v) is 11.5. The Morgan fingerprint density at radius 2 is 0.909 bits per heavy atom. The van der Waals surface area contributed by atoms with Crippen LogP contribution >= 0.6 is 0 Å². The van der Waals surface area contributed by atoms with Crippen LogP contribution in [0.1, 0.15) is 155 Å². The van der Waals surface area contributed by atoms with Crippen LogP contribution in [0.3, 0.4) is 0 Å². The maximum atomic E-state index is 13.0. The maximum absolute atomic E-state index is 13.0. The molecule has 0 amide bonds. The quantitative estimate of drug-likeness (QED) is 0.0201. The summed E-state index contributed by atoms with van der Waals surface area (Å²) in [6.45, 7) is 2.46. The third-order valence-electron chi connectivity index (χ3n) is 11.5. The molecule has 15 heteroatoms. The van der Waals surface area contributed by atoms with Gasteiger partial charge in [-0.25, -0.2) is 0 Å². The molecule has 2 aliphatic rings. The smallest absolute Gasteiger partial charge is 0.306 e. The molecule has 4 unspecified atom stereocenters. The molecule has 15 nitrogen and oxygen atoms in total. The van der Waals surface area contributed by atoms with Crippen molar-refractivity contribution >= 4 is 11.9 Å². The first-order chi connectivity index (χ1) is 32.0. The van der Waals surface area contributed by atoms with Gasteiger partial charge in [-0.2, -0.15) is 0 Å². The largest absolute Gasteiger partial charge is 0.462 e. The molecule has 0 bridgehead atoms. The van der Waals surface area contributed by atoms with E-state index in [0.717, 1.165) is 57.8 Å². The minimum absolute atomic E-state index is 0.112. The van der Waals surface area contributed by atoms with E-state index in [9.17, 15) is 45.3 Å². The van der Waals surface area contributed by atoms with Gasteiger partial charge < -0.3 is 64.2 Å². The molecule has 0 aromatic rings. The van der Waals surface area contributed by atoms with Gasteiger partial charge in [0, 0.05) is 12.8 Å². The summed E-state index contributed by atoms with van der Waals surface area (Å²) in [4.78, 5) is 25.7. The number of esters is 2. The van der Waals surface area contributed by atoms with Crippen LogP contribution in [0.4, 0.5) is 0 Å². The first-order valence-corrected chi connectivity index (χ1v) is 24.9. The van der Waals surface area contributed by atoms with E-state index in [2.05, 4.69) is 74.6 Å². The van der Waals surface area contributed by atoms with Gasteiger partial charge in [-0.1, -0.05) is 120 Å². The lowest BCUT2D eigenvalue weighted by Gasteiger charge is -2.42. The van der Waals surface area contributed by atoms with E-state index >= 15 is 0 Å². The van der Waals surface area contributed by atoms with Crippen LogP contribution in [0.25, 0.3) is 0 Å². The first-order valence-electron chi connectivity index (χ1n) is 24.9. The molecule has 0 spiro atoms. The predicted octanol–water partition coefficient (Wildman–Crippen LogP) is 6.49. The van der Waals surface area contributed by atoms with Gasteiger partial charge >= 0.3 is 11.9 Å². The molecule has 66 heavy (non-hydrogen) atoms. The van der Waals surface area contributed by atoms with Gasteiger partial charge in [0.2, 0.25) is 0 Å². The third kappa shape index (κ3) is 26.1. The molecular formula is C51H86O15. The van der Waals surface area contributed by atoms with Crippen molar-refractivity contribution in [2.45, 2.75) is 223 Å². The second kappa shape index (κ2) is 38.1. The number of rotatable bonds is 37. The van der Waals surface area contributed by atoms with Gasteiger partial charge in [0.25, 0.3) is 0 Å². The summed E-state index contributed by atoms with van der Waals surface area (Å²) in [6, 6.07) is 0. The van der Waals surface area contributed by atoms with Crippen molar-refractivity contribution in [1.29, 1.82) is 0 Å². The van der Waals surface area contributed by atoms with Crippen LogP contribution in [-0.4, -0.2) is 142 Å². The van der Waals surface area contributed by atoms with Gasteiger partial charge in [0.1, 0.15) is 55.4 Å². The average molecular weight is 939 g/mol. The van der Waals surface area contributed by atoms with Gasteiger partial charge in [-0.3, -0.25) is 9.59 Å². The van der Waals surface area contributed by atoms with Crippen molar-refractivity contribution < 1.29 is 73.8 Å². The summed E-state index contributed by atoms with van der Waals surface area (Å²) in [7, 11) is 0. The molecule has 2 fully saturated rings. The van der Waals surface area contributed by atoms with Crippen LogP contribution in [0.5, 0.6) is 0 Å². The van der Waals surface area contributed by atoms with E-state index in [1.54, 1.807) is 0 Å². The van der Waals surface area contributed by atoms with Crippen molar-refractivity contribution in [2.75, 3.05) is 26.4 Å². The predicted molar refractivity (Wildman–Crippen MR) is 252 cm³/mol. The van der Waals surface area contributed by atoms with E-state index in [-0.39, 0.29) is 19.4 Å². The van der Waals surface area contributed by atoms with E-state index < -0.39 is 99.3 Å². The van der Waals surface area contributed by atoms with E-state index in [0.29, 0.717) is 12.8 Å². The Kier molecular flexibility index (Phi) is 34.2. The Morgan fingerprint density at radius 1 is 0.485 bits per heavy atom. The monoisotopic (exact) mass is 939 g/mol. The summed E-state index contributed by atoms with van der Waals surface area (Å²) < 4.78 is 33.4. The Labute approximate surface area is 394 Å². The highest BCUT2D eigenvalue weighted by atomic mass is 16.7. The molecule has 2 rings (SSSR count). The minimum Gasteiger partial charge on any atom is -0.462 e. The van der Waals surface area contributed by atoms with E-state index in [4.69, 9.17) is 28.4 Å². The zero-order chi connectivity index (χ0) is 48.2. The summed E-state index contributed by atoms with van der Waals surface area (Å²) >= 11 is 0. The standard InChI is InChI=1S/C51H86O15/c1-3-5-7-9-11-13-15-17-19-21-23-25-27-29-31-33-42(53)61-36-39(64-43(54)34-32-30-28-26-24-22-20-18-16-14-12-10-8-6-4-2)37-62-50-49(60)47(58)45(56)41(66-50)38-63-51-48(59)46(57)44(55)40(35-52)65-51/h11,13,17-20,23-26,39-41,44-52,55-60H,3-10,12,14-16,21-22,27-38H2,1-2H3/b13-11+,19-17+,20-18+,25-23+,26-24+/t39-,40-,41-,44+,45+,46?,47?,48?,49?,50-,51-/m1/s1. The Balaban J connectivity index is 1.87. The number of allylic oxidation sites excluding steroid dienone is 10. The van der Waals surface area contributed by atoms with Crippen molar-refractivity contribution in [3.05, 3.63) is 60.8 Å². The summed E-state index contributed by atoms with van der Waals surface area (Å²) in [5, 5.41) is 72.0. The number of unbranched alkanes of at least 4 members (excludes halogenated alkanes) is 13. The molecule has 0 saturated carbocycles. The summed E-state index contributed by atoms with van der Waals surface area (Å²) in [5.41, 5.74) is 0. The Hall–Kier alpha value is -2.80. The number of ether oxygens (including phenoxy) is 6. The highest BCUT2D eigenvalue weighted by Crippen LogP contribution is 2.26. The molecule has 380 valence electrons. The van der Waals surface area contributed by atoms with Gasteiger partial charge in [-0.15, -0.1) is 0 Å². The second-order valence-electron chi connectivity index (χ2n) is 17.3. The number of aliphatic hydroxyl groups is 7. The van der Waals surface area contributed by atoms with Crippen LogP contribution in [0.2, 0.25) is 0 Å². The number of aliphatic hydroxyl groups excluding tert-OH is 7. The zero-order valence-electron chi connectivity index (χ0n) is 39.9. The van der Waals surface area contributed by atoms with Crippen LogP contribution < -0.4 is 0 Å². The molecule has 2 saturated heterocycles. The lowest BCUT2D eigenvalue weighted by atomic mass is 9.98. The molecule has 7 N–H and O–H groups in total. The van der Waals surface area contributed by atoms with Gasteiger partial charge in [0.05, 0.1) is 19.8 Å². The van der Waals surface area contributed by atoms with Crippen LogP contribution in [0.15, 0.2) is 60.8 Å². The number of hydrogen-bond acceptors (Lipinski definition) is 15. The van der Waals surface area contributed by atoms with Crippen LogP contribution in [0, 0.1) is 0 Å². The Morgan fingerprint density at radius 3 is 1.45 bits per heavy atom. The number of carbonyl (C=O) groups excluding carboxylic acids is 2. The molecule has 2 aliphatic heterocycles. The molecule has 2 heterocycles. The van der Waals surface area contributed by atoms with Crippen molar-refractivity contribution in [3.63, 3.8) is 0 Å². The molecule has 0 aliphatic carbocycles. The summed E-state index contributed by atoms with van der Waals surface area (Å²) in [6.07, 6.45) is 25.4. The van der Waals surface area contributed by atoms with Gasteiger partial charge in [-0.05, 0) is 83.5 Å². The molecule has 0 aromatic heterocycles. The highest BCUT2D eigenvalue weighted by molar-refractivity contribution is 5.70. The van der Waals surface area contributed by atoms with E-state index in [1.807, 2.05) is 0 Å². The Bertz CT molecular complexity index is 1380. The second-order valence-corrected chi connectivity index (χ2v) is 17.3. The number of carbonyl (C=O) groups is 2. The molecular weight excluding hydrogens is 853 g/mol. The minimum atomic E-state index is -1.78. The van der Waals surface area contributed by atoms with Gasteiger partial charge in [0.15, 0.2) is 18.7 Å². The fourth-order valence-corrected chi connectivity index (χ4v) is 7.31. The molecule has 11 atom stereocenters. The lowest BCUT2D eigenvalue weighted by molar-refractivity contribution is -0.332. The maximum Gasteiger partial charge on any atom is 0.306 e. The normalized spacial score (nSPS) is 26.7. The molecule has 0 aromatic carbocycles.